The van der Waals surface area contributed by atoms with Crippen LogP contribution < -0.4 is 4.74 Å². The molecule has 2 heterocycles. The number of aromatic nitrogens is 1. The van der Waals surface area contributed by atoms with Crippen LogP contribution in [0.1, 0.15) is 18.2 Å². The van der Waals surface area contributed by atoms with Crippen LogP contribution in [0.25, 0.3) is 17.2 Å². The topological polar surface area (TPSA) is 43.7 Å². The van der Waals surface area contributed by atoms with Crippen LogP contribution in [0.15, 0.2) is 72.9 Å². The van der Waals surface area contributed by atoms with E-state index < -0.39 is 6.09 Å². The van der Waals surface area contributed by atoms with Gasteiger partial charge in [-0.2, -0.15) is 0 Å². The molecule has 0 saturated carbocycles. The van der Waals surface area contributed by atoms with Crippen molar-refractivity contribution >= 4 is 17.6 Å². The lowest BCUT2D eigenvalue weighted by molar-refractivity contribution is 0.155. The second-order valence-corrected chi connectivity index (χ2v) is 6.24. The smallest absolute Gasteiger partial charge is 0.415 e. The molecule has 0 atom stereocenters. The Bertz CT molecular complexity index is 1010. The summed E-state index contributed by atoms with van der Waals surface area (Å²) in [5.74, 6) is 1.61. The van der Waals surface area contributed by atoms with E-state index in [1.807, 2.05) is 84.4 Å². The van der Waals surface area contributed by atoms with Gasteiger partial charge in [-0.1, -0.05) is 42.5 Å². The number of nitrogens with zero attached hydrogens (tertiary/aromatic N) is 2. The molecule has 1 amide bonds. The van der Waals surface area contributed by atoms with Gasteiger partial charge in [-0.15, -0.1) is 0 Å². The predicted octanol–water partition coefficient (Wildman–Crippen LogP) is 4.78. The predicted molar refractivity (Wildman–Crippen MR) is 104 cm³/mol. The Morgan fingerprint density at radius 2 is 1.78 bits per heavy atom. The summed E-state index contributed by atoms with van der Waals surface area (Å²) in [4.78, 5) is 14.1. The zero-order valence-electron chi connectivity index (χ0n) is 15.3. The molecule has 2 aromatic carbocycles. The second-order valence-electron chi connectivity index (χ2n) is 6.24. The Labute approximate surface area is 158 Å². The molecule has 0 bridgehead atoms. The molecule has 1 aromatic heterocycles. The van der Waals surface area contributed by atoms with Crippen LogP contribution in [0, 0.1) is 0 Å². The highest BCUT2D eigenvalue weighted by Gasteiger charge is 2.27. The van der Waals surface area contributed by atoms with Gasteiger partial charge in [0.2, 0.25) is 0 Å². The third-order valence-electron chi connectivity index (χ3n) is 4.54. The largest absolute Gasteiger partial charge is 0.451 e. The van der Waals surface area contributed by atoms with Crippen molar-refractivity contribution in [2.45, 2.75) is 6.92 Å². The molecule has 0 saturated heterocycles. The van der Waals surface area contributed by atoms with E-state index in [0.29, 0.717) is 23.8 Å². The van der Waals surface area contributed by atoms with Crippen LogP contribution in [0.4, 0.5) is 4.79 Å². The maximum atomic E-state index is 12.5. The molecule has 3 aromatic rings. The van der Waals surface area contributed by atoms with Crippen molar-refractivity contribution in [2.75, 3.05) is 13.6 Å². The van der Waals surface area contributed by atoms with E-state index in [1.54, 1.807) is 7.05 Å². The highest BCUT2D eigenvalue weighted by molar-refractivity contribution is 5.90. The van der Waals surface area contributed by atoms with Crippen LogP contribution in [-0.4, -0.2) is 29.2 Å². The molecular weight excluding hydrogens is 339 g/mol. The number of fused-ring (bicyclic) bond motifs is 3. The summed E-state index contributed by atoms with van der Waals surface area (Å²) in [6.45, 7) is 2.45. The van der Waals surface area contributed by atoms with Gasteiger partial charge in [-0.25, -0.2) is 4.79 Å². The Kier molecular flexibility index (Phi) is 4.42. The first-order valence-electron chi connectivity index (χ1n) is 8.86. The van der Waals surface area contributed by atoms with E-state index in [9.17, 15) is 4.79 Å². The van der Waals surface area contributed by atoms with Gasteiger partial charge in [0.1, 0.15) is 0 Å². The van der Waals surface area contributed by atoms with Crippen molar-refractivity contribution in [1.82, 2.24) is 9.47 Å². The fourth-order valence-electron chi connectivity index (χ4n) is 2.96. The molecule has 0 unspecified atom stereocenters. The number of rotatable bonds is 3. The summed E-state index contributed by atoms with van der Waals surface area (Å²) in [6, 6.07) is 21.3. The van der Waals surface area contributed by atoms with Gasteiger partial charge in [0, 0.05) is 25.4 Å². The van der Waals surface area contributed by atoms with Crippen molar-refractivity contribution < 1.29 is 14.3 Å². The summed E-state index contributed by atoms with van der Waals surface area (Å²) >= 11 is 0. The number of benzene rings is 2. The minimum atomic E-state index is -0.428. The van der Waals surface area contributed by atoms with Gasteiger partial charge in [0.15, 0.2) is 17.3 Å². The Hall–Kier alpha value is -3.47. The Morgan fingerprint density at radius 1 is 1.04 bits per heavy atom. The lowest BCUT2D eigenvalue weighted by atomic mass is 10.1. The first kappa shape index (κ1) is 17.0. The third-order valence-corrected chi connectivity index (χ3v) is 4.54. The van der Waals surface area contributed by atoms with Crippen molar-refractivity contribution in [3.63, 3.8) is 0 Å². The molecule has 0 fully saturated rings. The Morgan fingerprint density at radius 3 is 2.56 bits per heavy atom. The van der Waals surface area contributed by atoms with Gasteiger partial charge in [-0.05, 0) is 31.2 Å². The molecule has 27 heavy (non-hydrogen) atoms. The minimum absolute atomic E-state index is 0.396. The van der Waals surface area contributed by atoms with Crippen LogP contribution >= 0.6 is 0 Å². The van der Waals surface area contributed by atoms with E-state index in [-0.39, 0.29) is 0 Å². The van der Waals surface area contributed by atoms with Gasteiger partial charge in [0.05, 0.1) is 11.4 Å². The molecule has 0 N–H and O–H groups in total. The van der Waals surface area contributed by atoms with Crippen LogP contribution in [-0.2, 0) is 4.74 Å². The molecular formula is C22H20N2O3. The standard InChI is InChI=1S/C22H20N2O3/c1-3-23(2)22(25)27-21-18-13-9-15-24(18)17-12-7-8-14-19(17)26-20(21)16-10-5-4-6-11-16/h4-15H,3H2,1-2H3/i2-1. The maximum absolute atomic E-state index is 12.5. The average molecular weight is 359 g/mol. The van der Waals surface area contributed by atoms with Crippen molar-refractivity contribution in [1.29, 1.82) is 0 Å². The van der Waals surface area contributed by atoms with E-state index in [2.05, 4.69) is 0 Å². The fraction of sp³-hybridized carbons (Fsp3) is 0.136. The van der Waals surface area contributed by atoms with Crippen molar-refractivity contribution in [3.05, 3.63) is 84.2 Å². The SMILES string of the molecule is CCN([11CH3])C(=O)OC1=C(c2ccccc2)Oc2ccccc2-n2cccc21. The molecule has 4 rings (SSSR count). The number of hydrogen-bond donors (Lipinski definition) is 0. The first-order chi connectivity index (χ1) is 13.2. The summed E-state index contributed by atoms with van der Waals surface area (Å²) in [5.41, 5.74) is 2.49. The molecule has 5 nitrogen and oxygen atoms in total. The second kappa shape index (κ2) is 7.03. The van der Waals surface area contributed by atoms with E-state index >= 15 is 0 Å². The van der Waals surface area contributed by atoms with E-state index in [4.69, 9.17) is 9.47 Å². The average Bonchev–Trinajstić information content (AvgIpc) is 3.15. The number of amides is 1. The first-order valence-corrected chi connectivity index (χ1v) is 8.86. The monoisotopic (exact) mass is 359 g/mol. The van der Waals surface area contributed by atoms with Crippen molar-refractivity contribution in [2.24, 2.45) is 0 Å². The van der Waals surface area contributed by atoms with Gasteiger partial charge in [0.25, 0.3) is 0 Å². The molecule has 136 valence electrons. The van der Waals surface area contributed by atoms with Crippen LogP contribution in [0.3, 0.4) is 0 Å². The molecule has 0 radical (unpaired) electrons. The molecule has 1 aliphatic rings. The highest BCUT2D eigenvalue weighted by atomic mass is 16.6. The number of carbonyl (C=O) groups is 1. The quantitative estimate of drug-likeness (QED) is 0.676. The highest BCUT2D eigenvalue weighted by Crippen LogP contribution is 2.38. The van der Waals surface area contributed by atoms with E-state index in [0.717, 1.165) is 16.9 Å². The number of carbonyl (C=O) groups excluding carboxylic acids is 1. The van der Waals surface area contributed by atoms with Crippen LogP contribution in [0.5, 0.6) is 5.75 Å². The fourth-order valence-corrected chi connectivity index (χ4v) is 2.96. The zero-order chi connectivity index (χ0) is 18.8. The lowest BCUT2D eigenvalue weighted by Gasteiger charge is -2.18. The molecule has 5 heteroatoms. The Balaban J connectivity index is 1.93. The molecule has 1 aliphatic heterocycles. The summed E-state index contributed by atoms with van der Waals surface area (Å²) < 4.78 is 14.1. The van der Waals surface area contributed by atoms with Gasteiger partial charge < -0.3 is 18.9 Å². The van der Waals surface area contributed by atoms with Crippen LogP contribution in [0.2, 0.25) is 0 Å². The van der Waals surface area contributed by atoms with Gasteiger partial charge >= 0.3 is 6.09 Å². The summed E-state index contributed by atoms with van der Waals surface area (Å²) in [6.07, 6.45) is 1.51. The summed E-state index contributed by atoms with van der Waals surface area (Å²) in [5, 5.41) is 0. The number of para-hydroxylation sites is 2. The number of hydrogen-bond acceptors (Lipinski definition) is 3. The lowest BCUT2D eigenvalue weighted by Crippen LogP contribution is -2.27. The van der Waals surface area contributed by atoms with Gasteiger partial charge in [-0.3, -0.25) is 0 Å². The number of ether oxygens (including phenoxy) is 2. The van der Waals surface area contributed by atoms with E-state index in [1.165, 1.54) is 4.90 Å². The maximum Gasteiger partial charge on any atom is 0.415 e. The van der Waals surface area contributed by atoms with Crippen molar-refractivity contribution in [3.8, 4) is 11.4 Å². The zero-order valence-corrected chi connectivity index (χ0v) is 15.3. The third kappa shape index (κ3) is 3.08. The minimum Gasteiger partial charge on any atom is -0.451 e. The molecule has 0 spiro atoms. The molecule has 0 aliphatic carbocycles. The normalized spacial score (nSPS) is 12.5. The summed E-state index contributed by atoms with van der Waals surface area (Å²) in [7, 11) is 1.70.